The third kappa shape index (κ3) is 5.09. The Morgan fingerprint density at radius 2 is 1.93 bits per heavy atom. The molecular weight excluding hydrogens is 345 g/mol. The average molecular weight is 361 g/mol. The summed E-state index contributed by atoms with van der Waals surface area (Å²) in [4.78, 5) is 20.3. The van der Waals surface area contributed by atoms with Gasteiger partial charge in [0.15, 0.2) is 0 Å². The van der Waals surface area contributed by atoms with Gasteiger partial charge in [-0.1, -0.05) is 18.2 Å². The van der Waals surface area contributed by atoms with Crippen molar-refractivity contribution >= 4 is 17.4 Å². The van der Waals surface area contributed by atoms with Gasteiger partial charge < -0.3 is 10.6 Å². The van der Waals surface area contributed by atoms with Crippen LogP contribution in [-0.4, -0.2) is 22.4 Å². The highest BCUT2D eigenvalue weighted by Crippen LogP contribution is 2.16. The second-order valence-electron chi connectivity index (χ2n) is 5.74. The summed E-state index contributed by atoms with van der Waals surface area (Å²) in [6.07, 6.45) is 1.88. The van der Waals surface area contributed by atoms with Gasteiger partial charge in [-0.25, -0.2) is 14.4 Å². The number of halogens is 1. The van der Waals surface area contributed by atoms with Crippen molar-refractivity contribution in [2.45, 2.75) is 6.42 Å². The van der Waals surface area contributed by atoms with Crippen LogP contribution in [-0.2, 0) is 6.42 Å². The largest absolute Gasteiger partial charge is 0.350 e. The molecule has 134 valence electrons. The van der Waals surface area contributed by atoms with Crippen LogP contribution in [0.4, 0.5) is 15.9 Å². The number of nitrogens with zero attached hydrogens (tertiary/aromatic N) is 3. The summed E-state index contributed by atoms with van der Waals surface area (Å²) in [6.45, 7) is 0.404. The summed E-state index contributed by atoms with van der Waals surface area (Å²) in [5, 5.41) is 14.8. The van der Waals surface area contributed by atoms with Crippen molar-refractivity contribution in [2.24, 2.45) is 0 Å². The van der Waals surface area contributed by atoms with E-state index in [2.05, 4.69) is 26.7 Å². The molecule has 0 aliphatic carbocycles. The van der Waals surface area contributed by atoms with E-state index < -0.39 is 0 Å². The van der Waals surface area contributed by atoms with Gasteiger partial charge in [-0.15, -0.1) is 0 Å². The van der Waals surface area contributed by atoms with Gasteiger partial charge >= 0.3 is 0 Å². The van der Waals surface area contributed by atoms with Crippen molar-refractivity contribution in [3.63, 3.8) is 0 Å². The van der Waals surface area contributed by atoms with Gasteiger partial charge in [-0.3, -0.25) is 4.79 Å². The number of anilines is 2. The molecule has 0 fully saturated rings. The fourth-order valence-electron chi connectivity index (χ4n) is 2.43. The number of carbonyl (C=O) groups excluding carboxylic acids is 1. The molecule has 0 atom stereocenters. The summed E-state index contributed by atoms with van der Waals surface area (Å²) in [7, 11) is 0. The minimum absolute atomic E-state index is 0.225. The minimum atomic E-state index is -0.326. The maximum atomic E-state index is 12.9. The van der Waals surface area contributed by atoms with Crippen LogP contribution in [0, 0.1) is 17.1 Å². The molecule has 0 radical (unpaired) electrons. The Labute approximate surface area is 155 Å². The first kappa shape index (κ1) is 18.0. The second kappa shape index (κ2) is 8.54. The lowest BCUT2D eigenvalue weighted by atomic mass is 10.1. The normalized spacial score (nSPS) is 10.1. The molecule has 0 spiro atoms. The van der Waals surface area contributed by atoms with E-state index in [9.17, 15) is 9.18 Å². The number of nitrogens with one attached hydrogen (secondary N) is 2. The van der Waals surface area contributed by atoms with Gasteiger partial charge in [0.1, 0.15) is 23.7 Å². The zero-order valence-corrected chi connectivity index (χ0v) is 14.3. The Hall–Kier alpha value is -3.79. The topological polar surface area (TPSA) is 90.7 Å². The second-order valence-corrected chi connectivity index (χ2v) is 5.74. The molecule has 0 unspecified atom stereocenters. The number of carbonyl (C=O) groups is 1. The fraction of sp³-hybridized carbons (Fsp3) is 0.100. The van der Waals surface area contributed by atoms with Crippen LogP contribution >= 0.6 is 0 Å². The van der Waals surface area contributed by atoms with Gasteiger partial charge in [0.25, 0.3) is 5.91 Å². The van der Waals surface area contributed by atoms with Gasteiger partial charge in [0.2, 0.25) is 0 Å². The minimum Gasteiger partial charge on any atom is -0.350 e. The van der Waals surface area contributed by atoms with Crippen molar-refractivity contribution in [1.29, 1.82) is 5.26 Å². The number of nitriles is 1. The van der Waals surface area contributed by atoms with Crippen LogP contribution in [0.1, 0.15) is 21.6 Å². The van der Waals surface area contributed by atoms with E-state index in [4.69, 9.17) is 5.26 Å². The molecule has 0 aliphatic heterocycles. The first-order valence-corrected chi connectivity index (χ1v) is 8.26. The Morgan fingerprint density at radius 3 is 2.70 bits per heavy atom. The standard InChI is InChI=1S/C20H16FN5O/c21-16-6-4-14(5-7-16)8-9-23-20(27)18-11-19(25-13-24-18)26-17-3-1-2-15(10-17)12-22/h1-7,10-11,13H,8-9H2,(H,23,27)(H,24,25,26). The highest BCUT2D eigenvalue weighted by molar-refractivity contribution is 5.92. The Kier molecular flexibility index (Phi) is 5.70. The lowest BCUT2D eigenvalue weighted by molar-refractivity contribution is 0.0949. The van der Waals surface area contributed by atoms with Crippen LogP contribution in [0.2, 0.25) is 0 Å². The number of amides is 1. The molecule has 1 amide bonds. The van der Waals surface area contributed by atoms with Crippen LogP contribution in [0.15, 0.2) is 60.9 Å². The monoisotopic (exact) mass is 361 g/mol. The Bertz CT molecular complexity index is 982. The third-order valence-electron chi connectivity index (χ3n) is 3.78. The number of benzene rings is 2. The van der Waals surface area contributed by atoms with E-state index in [0.29, 0.717) is 30.0 Å². The first-order chi connectivity index (χ1) is 13.1. The van der Waals surface area contributed by atoms with Gasteiger partial charge in [0.05, 0.1) is 11.6 Å². The molecule has 2 N–H and O–H groups in total. The third-order valence-corrected chi connectivity index (χ3v) is 3.78. The van der Waals surface area contributed by atoms with E-state index in [1.807, 2.05) is 0 Å². The van der Waals surface area contributed by atoms with Crippen LogP contribution in [0.3, 0.4) is 0 Å². The van der Waals surface area contributed by atoms with Crippen molar-refractivity contribution in [3.8, 4) is 6.07 Å². The maximum absolute atomic E-state index is 12.9. The molecule has 0 saturated heterocycles. The number of hydrogen-bond donors (Lipinski definition) is 2. The predicted molar refractivity (Wildman–Crippen MR) is 98.9 cm³/mol. The molecule has 6 nitrogen and oxygen atoms in total. The van der Waals surface area contributed by atoms with Crippen molar-refractivity contribution < 1.29 is 9.18 Å². The molecule has 27 heavy (non-hydrogen) atoms. The molecule has 7 heteroatoms. The molecular formula is C20H16FN5O. The quantitative estimate of drug-likeness (QED) is 0.704. The zero-order valence-electron chi connectivity index (χ0n) is 14.3. The van der Waals surface area contributed by atoms with Crippen LogP contribution < -0.4 is 10.6 Å². The van der Waals surface area contributed by atoms with Crippen LogP contribution in [0.25, 0.3) is 0 Å². The lowest BCUT2D eigenvalue weighted by Gasteiger charge is -2.08. The van der Waals surface area contributed by atoms with Crippen molar-refractivity contribution in [3.05, 3.63) is 83.6 Å². The van der Waals surface area contributed by atoms with Gasteiger partial charge in [-0.2, -0.15) is 5.26 Å². The number of rotatable bonds is 6. The number of hydrogen-bond acceptors (Lipinski definition) is 5. The lowest BCUT2D eigenvalue weighted by Crippen LogP contribution is -2.26. The Balaban J connectivity index is 1.59. The number of aromatic nitrogens is 2. The summed E-state index contributed by atoms with van der Waals surface area (Å²) >= 11 is 0. The summed E-state index contributed by atoms with van der Waals surface area (Å²) in [6, 6.07) is 16.7. The zero-order chi connectivity index (χ0) is 19.1. The summed E-state index contributed by atoms with van der Waals surface area (Å²) < 4.78 is 12.9. The van der Waals surface area contributed by atoms with E-state index in [1.165, 1.54) is 24.5 Å². The molecule has 0 aliphatic rings. The first-order valence-electron chi connectivity index (χ1n) is 8.26. The maximum Gasteiger partial charge on any atom is 0.270 e. The average Bonchev–Trinajstić information content (AvgIpc) is 2.70. The van der Waals surface area contributed by atoms with E-state index >= 15 is 0 Å². The molecule has 3 rings (SSSR count). The van der Waals surface area contributed by atoms with Gasteiger partial charge in [-0.05, 0) is 42.3 Å². The smallest absolute Gasteiger partial charge is 0.270 e. The molecule has 2 aromatic carbocycles. The van der Waals surface area contributed by atoms with E-state index in [0.717, 1.165) is 5.56 Å². The molecule has 0 saturated carbocycles. The fourth-order valence-corrected chi connectivity index (χ4v) is 2.43. The molecule has 3 aromatic rings. The highest BCUT2D eigenvalue weighted by Gasteiger charge is 2.09. The van der Waals surface area contributed by atoms with E-state index in [-0.39, 0.29) is 17.4 Å². The summed E-state index contributed by atoms with van der Waals surface area (Å²) in [5.41, 5.74) is 2.37. The molecule has 0 bridgehead atoms. The van der Waals surface area contributed by atoms with Crippen molar-refractivity contribution in [2.75, 3.05) is 11.9 Å². The highest BCUT2D eigenvalue weighted by atomic mass is 19.1. The molecule has 1 aromatic heterocycles. The molecule has 1 heterocycles. The van der Waals surface area contributed by atoms with E-state index in [1.54, 1.807) is 36.4 Å². The van der Waals surface area contributed by atoms with Crippen molar-refractivity contribution in [1.82, 2.24) is 15.3 Å². The van der Waals surface area contributed by atoms with Crippen LogP contribution in [0.5, 0.6) is 0 Å². The Morgan fingerprint density at radius 1 is 1.11 bits per heavy atom. The van der Waals surface area contributed by atoms with Gasteiger partial charge in [0, 0.05) is 18.3 Å². The predicted octanol–water partition coefficient (Wildman–Crippen LogP) is 3.20. The SMILES string of the molecule is N#Cc1cccc(Nc2cc(C(=O)NCCc3ccc(F)cc3)ncn2)c1. The summed E-state index contributed by atoms with van der Waals surface area (Å²) in [5.74, 6) is -0.166.